The Balaban J connectivity index is 2.34. The van der Waals surface area contributed by atoms with Crippen LogP contribution in [0.25, 0.3) is 0 Å². The van der Waals surface area contributed by atoms with E-state index in [0.29, 0.717) is 0 Å². The van der Waals surface area contributed by atoms with E-state index in [0.717, 1.165) is 22.7 Å². The van der Waals surface area contributed by atoms with Crippen molar-refractivity contribution in [1.29, 1.82) is 0 Å². The maximum atomic E-state index is 5.36. The summed E-state index contributed by atoms with van der Waals surface area (Å²) in [4.78, 5) is 0. The van der Waals surface area contributed by atoms with Crippen LogP contribution in [0, 0.1) is 0 Å². The maximum Gasteiger partial charge on any atom is 0.169 e. The summed E-state index contributed by atoms with van der Waals surface area (Å²) < 4.78 is 10.7. The lowest BCUT2D eigenvalue weighted by molar-refractivity contribution is 0.293. The molecule has 72 valence electrons. The molecule has 0 bridgehead atoms. The molecule has 2 rings (SSSR count). The van der Waals surface area contributed by atoms with Gasteiger partial charge in [-0.15, -0.1) is 0 Å². The Morgan fingerprint density at radius 1 is 0.786 bits per heavy atom. The van der Waals surface area contributed by atoms with Gasteiger partial charge in [0.25, 0.3) is 0 Å². The first-order chi connectivity index (χ1) is 6.75. The molecule has 0 fully saturated rings. The van der Waals surface area contributed by atoms with Crippen LogP contribution in [0.5, 0.6) is 0 Å². The van der Waals surface area contributed by atoms with Gasteiger partial charge < -0.3 is 9.47 Å². The standard InChI is InChI=1S/C12H12O2/c1-9-3-5-13-11(7-9)12-8-10(2)4-6-14-12/h3-8H,1-2H3. The van der Waals surface area contributed by atoms with Crippen LogP contribution in [-0.2, 0) is 9.47 Å². The van der Waals surface area contributed by atoms with E-state index < -0.39 is 0 Å². The van der Waals surface area contributed by atoms with Gasteiger partial charge in [-0.2, -0.15) is 0 Å². The molecule has 0 aromatic heterocycles. The third kappa shape index (κ3) is 1.79. The molecule has 0 radical (unpaired) electrons. The first kappa shape index (κ1) is 8.88. The van der Waals surface area contributed by atoms with Crippen LogP contribution >= 0.6 is 0 Å². The minimum Gasteiger partial charge on any atom is -0.461 e. The second-order valence-corrected chi connectivity index (χ2v) is 3.35. The monoisotopic (exact) mass is 188 g/mol. The number of hydrogen-bond acceptors (Lipinski definition) is 2. The molecule has 0 amide bonds. The molecule has 2 aliphatic heterocycles. The van der Waals surface area contributed by atoms with Crippen molar-refractivity contribution in [1.82, 2.24) is 0 Å². The lowest BCUT2D eigenvalue weighted by Gasteiger charge is -2.14. The van der Waals surface area contributed by atoms with Crippen molar-refractivity contribution in [3.05, 3.63) is 59.5 Å². The van der Waals surface area contributed by atoms with E-state index in [1.807, 2.05) is 38.2 Å². The third-order valence-electron chi connectivity index (χ3n) is 2.01. The fourth-order valence-corrected chi connectivity index (χ4v) is 1.27. The fourth-order valence-electron chi connectivity index (χ4n) is 1.27. The summed E-state index contributed by atoms with van der Waals surface area (Å²) >= 11 is 0. The summed E-state index contributed by atoms with van der Waals surface area (Å²) in [5.41, 5.74) is 2.31. The van der Waals surface area contributed by atoms with Gasteiger partial charge in [0, 0.05) is 0 Å². The van der Waals surface area contributed by atoms with Crippen LogP contribution in [0.4, 0.5) is 0 Å². The van der Waals surface area contributed by atoms with E-state index in [4.69, 9.17) is 9.47 Å². The summed E-state index contributed by atoms with van der Waals surface area (Å²) in [5, 5.41) is 0. The summed E-state index contributed by atoms with van der Waals surface area (Å²) in [6.07, 6.45) is 11.1. The molecule has 0 saturated carbocycles. The minimum absolute atomic E-state index is 0.758. The predicted octanol–water partition coefficient (Wildman–Crippen LogP) is 3.18. The number of hydrogen-bond donors (Lipinski definition) is 0. The van der Waals surface area contributed by atoms with Crippen LogP contribution in [0.15, 0.2) is 59.5 Å². The maximum absolute atomic E-state index is 5.36. The molecular formula is C12H12O2. The molecule has 2 heterocycles. The lowest BCUT2D eigenvalue weighted by atomic mass is 10.1. The van der Waals surface area contributed by atoms with Crippen molar-refractivity contribution in [3.8, 4) is 0 Å². The van der Waals surface area contributed by atoms with Crippen LogP contribution in [0.1, 0.15) is 13.8 Å². The second kappa shape index (κ2) is 3.58. The van der Waals surface area contributed by atoms with E-state index in [1.165, 1.54) is 0 Å². The normalized spacial score (nSPS) is 25.0. The van der Waals surface area contributed by atoms with Crippen molar-refractivity contribution in [3.63, 3.8) is 0 Å². The van der Waals surface area contributed by atoms with E-state index >= 15 is 0 Å². The van der Waals surface area contributed by atoms with Crippen LogP contribution in [0.2, 0.25) is 0 Å². The highest BCUT2D eigenvalue weighted by molar-refractivity contribution is 5.38. The summed E-state index contributed by atoms with van der Waals surface area (Å²) in [6, 6.07) is 0. The summed E-state index contributed by atoms with van der Waals surface area (Å²) in [5.74, 6) is 1.52. The first-order valence-corrected chi connectivity index (χ1v) is 4.53. The van der Waals surface area contributed by atoms with Crippen molar-refractivity contribution in [2.24, 2.45) is 0 Å². The molecule has 0 aromatic carbocycles. The second-order valence-electron chi connectivity index (χ2n) is 3.35. The van der Waals surface area contributed by atoms with Gasteiger partial charge >= 0.3 is 0 Å². The zero-order chi connectivity index (χ0) is 9.97. The predicted molar refractivity (Wildman–Crippen MR) is 55.0 cm³/mol. The average molecular weight is 188 g/mol. The Kier molecular flexibility index (Phi) is 2.27. The molecule has 0 saturated heterocycles. The first-order valence-electron chi connectivity index (χ1n) is 4.53. The lowest BCUT2D eigenvalue weighted by Crippen LogP contribution is -1.98. The van der Waals surface area contributed by atoms with E-state index in [1.54, 1.807) is 12.5 Å². The van der Waals surface area contributed by atoms with Gasteiger partial charge in [-0.3, -0.25) is 0 Å². The number of rotatable bonds is 0. The largest absolute Gasteiger partial charge is 0.461 e. The quantitative estimate of drug-likeness (QED) is 0.581. The van der Waals surface area contributed by atoms with E-state index in [9.17, 15) is 0 Å². The van der Waals surface area contributed by atoms with E-state index in [2.05, 4.69) is 0 Å². The summed E-state index contributed by atoms with van der Waals surface area (Å²) in [7, 11) is 0. The highest BCUT2D eigenvalue weighted by Crippen LogP contribution is 2.22. The fraction of sp³-hybridized carbons (Fsp3) is 0.167. The highest BCUT2D eigenvalue weighted by Gasteiger charge is 2.09. The highest BCUT2D eigenvalue weighted by atomic mass is 16.5. The molecule has 0 spiro atoms. The topological polar surface area (TPSA) is 18.5 Å². The molecule has 0 unspecified atom stereocenters. The number of allylic oxidation sites excluding steroid dienone is 6. The smallest absolute Gasteiger partial charge is 0.169 e. The molecule has 0 aromatic rings. The Bertz CT molecular complexity index is 355. The molecular weight excluding hydrogens is 176 g/mol. The van der Waals surface area contributed by atoms with Crippen LogP contribution in [-0.4, -0.2) is 0 Å². The molecule has 2 heteroatoms. The van der Waals surface area contributed by atoms with Gasteiger partial charge in [0.15, 0.2) is 11.5 Å². The van der Waals surface area contributed by atoms with Gasteiger partial charge in [-0.1, -0.05) is 0 Å². The van der Waals surface area contributed by atoms with Crippen molar-refractivity contribution >= 4 is 0 Å². The van der Waals surface area contributed by atoms with Gasteiger partial charge in [0.2, 0.25) is 0 Å². The molecule has 2 nitrogen and oxygen atoms in total. The zero-order valence-electron chi connectivity index (χ0n) is 8.28. The van der Waals surface area contributed by atoms with Gasteiger partial charge in [-0.05, 0) is 49.3 Å². The molecule has 14 heavy (non-hydrogen) atoms. The Hall–Kier alpha value is -1.70. The van der Waals surface area contributed by atoms with Gasteiger partial charge in [0.05, 0.1) is 12.5 Å². The Morgan fingerprint density at radius 2 is 1.21 bits per heavy atom. The number of ether oxygens (including phenoxy) is 2. The SMILES string of the molecule is CC1=CC(=C2C=C(C)C=CO2)OC=C1. The Labute approximate surface area is 83.5 Å². The van der Waals surface area contributed by atoms with Gasteiger partial charge in [-0.25, -0.2) is 0 Å². The molecule has 0 aliphatic carbocycles. The molecule has 0 atom stereocenters. The van der Waals surface area contributed by atoms with Crippen molar-refractivity contribution in [2.75, 3.05) is 0 Å². The van der Waals surface area contributed by atoms with Crippen molar-refractivity contribution < 1.29 is 9.47 Å². The van der Waals surface area contributed by atoms with Gasteiger partial charge in [0.1, 0.15) is 0 Å². The zero-order valence-corrected chi connectivity index (χ0v) is 8.28. The minimum atomic E-state index is 0.758. The van der Waals surface area contributed by atoms with Crippen LogP contribution < -0.4 is 0 Å². The van der Waals surface area contributed by atoms with E-state index in [-0.39, 0.29) is 0 Å². The summed E-state index contributed by atoms with van der Waals surface area (Å²) in [6.45, 7) is 4.05. The third-order valence-corrected chi connectivity index (χ3v) is 2.01. The molecule has 0 N–H and O–H groups in total. The Morgan fingerprint density at radius 3 is 1.57 bits per heavy atom. The average Bonchev–Trinajstić information content (AvgIpc) is 2.18. The van der Waals surface area contributed by atoms with Crippen LogP contribution in [0.3, 0.4) is 0 Å². The molecule has 2 aliphatic rings. The van der Waals surface area contributed by atoms with Crippen molar-refractivity contribution in [2.45, 2.75) is 13.8 Å².